The lowest BCUT2D eigenvalue weighted by molar-refractivity contribution is -0.117. The predicted molar refractivity (Wildman–Crippen MR) is 189 cm³/mol. The van der Waals surface area contributed by atoms with Crippen molar-refractivity contribution in [2.45, 2.75) is 45.7 Å². The molecule has 1 aliphatic heterocycles. The zero-order valence-corrected chi connectivity index (χ0v) is 26.8. The summed E-state index contributed by atoms with van der Waals surface area (Å²) in [5.74, 6) is 0.292. The molecule has 5 aromatic rings. The van der Waals surface area contributed by atoms with Gasteiger partial charge in [0.2, 0.25) is 0 Å². The third kappa shape index (κ3) is 8.03. The predicted octanol–water partition coefficient (Wildman–Crippen LogP) is 7.62. The average Bonchev–Trinajstić information content (AvgIpc) is 3.51. The minimum absolute atomic E-state index is 0.292. The van der Waals surface area contributed by atoms with Gasteiger partial charge in [0.25, 0.3) is 0 Å². The summed E-state index contributed by atoms with van der Waals surface area (Å²) in [5.41, 5.74) is 8.79. The van der Waals surface area contributed by atoms with Gasteiger partial charge in [-0.2, -0.15) is 0 Å². The quantitative estimate of drug-likeness (QED) is 0.132. The summed E-state index contributed by atoms with van der Waals surface area (Å²) in [6.07, 6.45) is 7.16. The van der Waals surface area contributed by atoms with Gasteiger partial charge < -0.3 is 10.2 Å². The van der Waals surface area contributed by atoms with Crippen molar-refractivity contribution < 1.29 is 4.79 Å². The van der Waals surface area contributed by atoms with E-state index in [0.29, 0.717) is 18.7 Å². The van der Waals surface area contributed by atoms with Crippen molar-refractivity contribution in [1.29, 1.82) is 0 Å². The van der Waals surface area contributed by atoms with E-state index < -0.39 is 0 Å². The summed E-state index contributed by atoms with van der Waals surface area (Å²) >= 11 is 0. The molecule has 3 aromatic carbocycles. The van der Waals surface area contributed by atoms with Gasteiger partial charge in [-0.05, 0) is 89.0 Å². The zero-order valence-electron chi connectivity index (χ0n) is 26.8. The highest BCUT2D eigenvalue weighted by molar-refractivity contribution is 6.08. The molecule has 0 atom stereocenters. The molecule has 0 radical (unpaired) electrons. The first-order valence-corrected chi connectivity index (χ1v) is 16.3. The van der Waals surface area contributed by atoms with Crippen LogP contribution in [0, 0.1) is 0 Å². The molecule has 7 nitrogen and oxygen atoms in total. The van der Waals surface area contributed by atoms with Crippen molar-refractivity contribution in [2.24, 2.45) is 4.99 Å². The standard InChI is InChI=1S/C39H42N6O/c1-3-4-11-37(46)28-44(2)36-16-14-29-22-31(13-12-30(29)24-36)39-25-32-23-33(15-17-38(32)43-39)42-20-21-45(26-34-9-5-7-18-40-34)27-35-10-6-8-19-41-35/h5-10,12-19,22-24,42H,3-4,11,20-21,25-28H2,1-2H3. The van der Waals surface area contributed by atoms with Gasteiger partial charge in [-0.3, -0.25) is 24.7 Å². The van der Waals surface area contributed by atoms with Gasteiger partial charge in [0.1, 0.15) is 0 Å². The number of rotatable bonds is 15. The van der Waals surface area contributed by atoms with Gasteiger partial charge in [0.15, 0.2) is 5.78 Å². The number of carbonyl (C=O) groups is 1. The molecule has 234 valence electrons. The highest BCUT2D eigenvalue weighted by Gasteiger charge is 2.18. The number of likely N-dealkylation sites (N-methyl/N-ethyl adjacent to an activating group) is 1. The smallest absolute Gasteiger partial charge is 0.152 e. The van der Waals surface area contributed by atoms with Crippen LogP contribution in [0.3, 0.4) is 0 Å². The summed E-state index contributed by atoms with van der Waals surface area (Å²) in [6, 6.07) is 31.6. The van der Waals surface area contributed by atoms with Crippen molar-refractivity contribution in [3.05, 3.63) is 126 Å². The highest BCUT2D eigenvalue weighted by atomic mass is 16.1. The van der Waals surface area contributed by atoms with E-state index >= 15 is 0 Å². The van der Waals surface area contributed by atoms with Gasteiger partial charge >= 0.3 is 0 Å². The number of benzene rings is 3. The van der Waals surface area contributed by atoms with Crippen LogP contribution in [0.15, 0.2) is 108 Å². The first-order chi connectivity index (χ1) is 22.5. The number of nitrogens with zero attached hydrogens (tertiary/aromatic N) is 5. The lowest BCUT2D eigenvalue weighted by Crippen LogP contribution is -2.29. The number of aliphatic imine (C=N–C) groups is 1. The second kappa shape index (κ2) is 14.9. The van der Waals surface area contributed by atoms with Crippen LogP contribution in [0.2, 0.25) is 0 Å². The lowest BCUT2D eigenvalue weighted by Gasteiger charge is -2.22. The second-order valence-electron chi connectivity index (χ2n) is 12.1. The lowest BCUT2D eigenvalue weighted by atomic mass is 10.00. The fourth-order valence-electron chi connectivity index (χ4n) is 5.95. The molecule has 0 spiro atoms. The van der Waals surface area contributed by atoms with Crippen LogP contribution in [0.4, 0.5) is 17.1 Å². The number of hydrogen-bond donors (Lipinski definition) is 1. The number of Topliss-reactive ketones (excluding diaryl/α,β-unsaturated/α-hetero) is 1. The monoisotopic (exact) mass is 610 g/mol. The third-order valence-electron chi connectivity index (χ3n) is 8.49. The molecule has 46 heavy (non-hydrogen) atoms. The van der Waals surface area contributed by atoms with Crippen LogP contribution in [-0.4, -0.2) is 53.0 Å². The number of carbonyl (C=O) groups excluding carboxylic acids is 1. The first kappa shape index (κ1) is 31.1. The van der Waals surface area contributed by atoms with E-state index in [0.717, 1.165) is 90.6 Å². The van der Waals surface area contributed by atoms with Gasteiger partial charge in [-0.15, -0.1) is 0 Å². The molecule has 1 N–H and O–H groups in total. The third-order valence-corrected chi connectivity index (χ3v) is 8.49. The van der Waals surface area contributed by atoms with Crippen LogP contribution < -0.4 is 10.2 Å². The van der Waals surface area contributed by atoms with Gasteiger partial charge in [-0.1, -0.05) is 43.7 Å². The second-order valence-corrected chi connectivity index (χ2v) is 12.1. The van der Waals surface area contributed by atoms with Crippen LogP contribution in [0.1, 0.15) is 48.7 Å². The Morgan fingerprint density at radius 1 is 0.848 bits per heavy atom. The summed E-state index contributed by atoms with van der Waals surface area (Å²) in [4.78, 5) is 30.8. The van der Waals surface area contributed by atoms with E-state index in [4.69, 9.17) is 4.99 Å². The van der Waals surface area contributed by atoms with Gasteiger partial charge in [0.05, 0.1) is 29.3 Å². The van der Waals surface area contributed by atoms with E-state index in [-0.39, 0.29) is 0 Å². The Hall–Kier alpha value is -4.88. The minimum atomic E-state index is 0.292. The number of unbranched alkanes of at least 4 members (excludes halogenated alkanes) is 1. The largest absolute Gasteiger partial charge is 0.384 e. The molecule has 2 aromatic heterocycles. The van der Waals surface area contributed by atoms with Crippen molar-refractivity contribution >= 4 is 39.3 Å². The molecule has 7 heteroatoms. The maximum atomic E-state index is 12.3. The zero-order chi connectivity index (χ0) is 31.7. The SMILES string of the molecule is CCCCC(=O)CN(C)c1ccc2cc(C3=Nc4ccc(NCCN(Cc5ccccn5)Cc5ccccn5)cc4C3)ccc2c1. The fraction of sp³-hybridized carbons (Fsp3) is 0.282. The molecule has 0 bridgehead atoms. The molecule has 6 rings (SSSR count). The van der Waals surface area contributed by atoms with Gasteiger partial charge in [0, 0.05) is 69.8 Å². The minimum Gasteiger partial charge on any atom is -0.384 e. The number of pyridine rings is 2. The number of anilines is 2. The molecule has 1 aliphatic rings. The Kier molecular flexibility index (Phi) is 10.1. The molecule has 0 aliphatic carbocycles. The summed E-state index contributed by atoms with van der Waals surface area (Å²) in [6.45, 7) is 5.76. The summed E-state index contributed by atoms with van der Waals surface area (Å²) in [7, 11) is 1.99. The number of nitrogens with one attached hydrogen (secondary N) is 1. The maximum absolute atomic E-state index is 12.3. The number of hydrogen-bond acceptors (Lipinski definition) is 7. The Labute approximate surface area is 272 Å². The number of aromatic nitrogens is 2. The van der Waals surface area contributed by atoms with E-state index in [9.17, 15) is 4.79 Å². The molecule has 0 saturated carbocycles. The maximum Gasteiger partial charge on any atom is 0.152 e. The van der Waals surface area contributed by atoms with E-state index in [1.807, 2.05) is 48.6 Å². The van der Waals surface area contributed by atoms with Crippen LogP contribution >= 0.6 is 0 Å². The Bertz CT molecular complexity index is 1760. The molecule has 0 unspecified atom stereocenters. The summed E-state index contributed by atoms with van der Waals surface area (Å²) in [5, 5.41) is 5.97. The molecule has 0 fully saturated rings. The van der Waals surface area contributed by atoms with E-state index in [1.54, 1.807) is 0 Å². The summed E-state index contributed by atoms with van der Waals surface area (Å²) < 4.78 is 0. The van der Waals surface area contributed by atoms with Crippen LogP contribution in [0.5, 0.6) is 0 Å². The van der Waals surface area contributed by atoms with Crippen molar-refractivity contribution in [3.63, 3.8) is 0 Å². The Morgan fingerprint density at radius 3 is 2.30 bits per heavy atom. The Balaban J connectivity index is 1.06. The van der Waals surface area contributed by atoms with E-state index in [1.165, 1.54) is 10.9 Å². The highest BCUT2D eigenvalue weighted by Crippen LogP contribution is 2.32. The normalized spacial score (nSPS) is 12.3. The van der Waals surface area contributed by atoms with Gasteiger partial charge in [-0.25, -0.2) is 0 Å². The fourth-order valence-corrected chi connectivity index (χ4v) is 5.95. The molecular formula is C39H42N6O. The Morgan fingerprint density at radius 2 is 1.59 bits per heavy atom. The van der Waals surface area contributed by atoms with Crippen molar-refractivity contribution in [3.8, 4) is 0 Å². The average molecular weight is 611 g/mol. The molecule has 3 heterocycles. The molecule has 0 saturated heterocycles. The molecular weight excluding hydrogens is 568 g/mol. The first-order valence-electron chi connectivity index (χ1n) is 16.3. The number of fused-ring (bicyclic) bond motifs is 2. The van der Waals surface area contributed by atoms with Crippen LogP contribution in [-0.2, 0) is 24.3 Å². The number of ketones is 1. The molecule has 0 amide bonds. The van der Waals surface area contributed by atoms with Crippen molar-refractivity contribution in [2.75, 3.05) is 36.9 Å². The van der Waals surface area contributed by atoms with E-state index in [2.05, 4.69) is 93.8 Å². The van der Waals surface area contributed by atoms with Crippen molar-refractivity contribution in [1.82, 2.24) is 14.9 Å². The van der Waals surface area contributed by atoms with Crippen LogP contribution in [0.25, 0.3) is 10.8 Å². The topological polar surface area (TPSA) is 73.7 Å².